The minimum atomic E-state index is -1.30. The lowest BCUT2D eigenvalue weighted by atomic mass is 9.92. The Morgan fingerprint density at radius 1 is 0.903 bits per heavy atom. The second-order valence-electron chi connectivity index (χ2n) is 18.4. The van der Waals surface area contributed by atoms with E-state index in [1.807, 2.05) is 47.4 Å². The Morgan fingerprint density at radius 2 is 1.72 bits per heavy atom. The SMILES string of the molecule is COc1c(NC(=O)CN2CCC(CCCOc3cccc(-c4ccc(N5CCc6cccc(C(=O)Nc7nc8ccccc8s7)c6C5)nc4C(=O)O)c3F)CC2)ccc2c(C3CCC(=O)NC3=O)nn(C)c12. The second-order valence-corrected chi connectivity index (χ2v) is 19.4. The van der Waals surface area contributed by atoms with E-state index in [1.54, 1.807) is 42.1 Å². The predicted octanol–water partition coefficient (Wildman–Crippen LogP) is 7.94. The number of benzene rings is 4. The minimum Gasteiger partial charge on any atom is -0.492 e. The fourth-order valence-corrected chi connectivity index (χ4v) is 11.0. The summed E-state index contributed by atoms with van der Waals surface area (Å²) in [5.74, 6) is -2.44. The van der Waals surface area contributed by atoms with Crippen molar-refractivity contribution in [2.24, 2.45) is 13.0 Å². The van der Waals surface area contributed by atoms with E-state index in [2.05, 4.69) is 35.9 Å². The number of methoxy groups -OCH3 is 1. The van der Waals surface area contributed by atoms with E-state index >= 15 is 4.39 Å². The molecule has 0 bridgehead atoms. The van der Waals surface area contributed by atoms with Crippen molar-refractivity contribution in [2.45, 2.75) is 57.4 Å². The zero-order valence-corrected chi connectivity index (χ0v) is 40.5. The summed E-state index contributed by atoms with van der Waals surface area (Å²) < 4.78 is 30.5. The van der Waals surface area contributed by atoms with E-state index in [4.69, 9.17) is 9.47 Å². The van der Waals surface area contributed by atoms with Gasteiger partial charge in [-0.05, 0) is 117 Å². The number of ether oxygens (including phenoxy) is 2. The fraction of sp³-hybridized carbons (Fsp3) is 0.321. The Morgan fingerprint density at radius 3 is 2.51 bits per heavy atom. The number of hydrogen-bond acceptors (Lipinski definition) is 13. The van der Waals surface area contributed by atoms with Gasteiger partial charge in [0, 0.05) is 48.6 Å². The van der Waals surface area contributed by atoms with E-state index in [9.17, 15) is 29.1 Å². The molecule has 0 spiro atoms. The van der Waals surface area contributed by atoms with Gasteiger partial charge in [0.05, 0.1) is 47.8 Å². The van der Waals surface area contributed by atoms with Crippen molar-refractivity contribution in [2.75, 3.05) is 55.4 Å². The van der Waals surface area contributed by atoms with E-state index in [0.29, 0.717) is 82.8 Å². The molecule has 6 heterocycles. The number of rotatable bonds is 15. The Bertz CT molecular complexity index is 3240. The summed E-state index contributed by atoms with van der Waals surface area (Å²) in [7, 11) is 3.27. The molecule has 370 valence electrons. The number of thiazole rings is 1. The third-order valence-corrected chi connectivity index (χ3v) is 14.8. The summed E-state index contributed by atoms with van der Waals surface area (Å²) in [4.78, 5) is 77.1. The normalized spacial score (nSPS) is 16.4. The van der Waals surface area contributed by atoms with Gasteiger partial charge in [-0.1, -0.05) is 47.7 Å². The Hall–Kier alpha value is -7.77. The van der Waals surface area contributed by atoms with Crippen LogP contribution < -0.4 is 30.3 Å². The van der Waals surface area contributed by atoms with Gasteiger partial charge in [0.2, 0.25) is 17.7 Å². The van der Waals surface area contributed by atoms with Gasteiger partial charge in [-0.3, -0.25) is 39.4 Å². The molecule has 3 aliphatic rings. The maximum Gasteiger partial charge on any atom is 0.355 e. The number of imide groups is 1. The molecule has 72 heavy (non-hydrogen) atoms. The first-order valence-electron chi connectivity index (χ1n) is 24.0. The molecule has 4 N–H and O–H groups in total. The number of piperidine rings is 2. The molecule has 0 saturated carbocycles. The number of aromatic carboxylic acids is 1. The standard InChI is InChI=1S/C53H52FN9O8S/c1-61-48-35(46(60-61)36-17-20-43(64)58-51(36)67)15-18-39(49(48)70-2)55-44(65)29-62-24-21-30(22-25-62)8-7-27-71-40-13-6-10-32(45(40)54)33-16-19-42(57-47(33)52(68)69)63-26-23-31-9-5-11-34(37(31)28-63)50(66)59-53-56-38-12-3-4-14-41(38)72-53/h3-6,9-16,18-19,30,36H,7-8,17,20-29H2,1-2H3,(H,55,65)(H,68,69)(H,56,59,66)(H,58,64,67). The van der Waals surface area contributed by atoms with Gasteiger partial charge in [-0.25, -0.2) is 19.2 Å². The highest BCUT2D eigenvalue weighted by molar-refractivity contribution is 7.22. The Balaban J connectivity index is 0.717. The molecule has 4 amide bonds. The minimum absolute atomic E-state index is 0.0203. The number of carbonyl (C=O) groups excluding carboxylic acids is 4. The third-order valence-electron chi connectivity index (χ3n) is 13.8. The van der Waals surface area contributed by atoms with Gasteiger partial charge in [0.1, 0.15) is 11.3 Å². The van der Waals surface area contributed by atoms with Crippen LogP contribution in [0.4, 0.5) is 21.0 Å². The number of fused-ring (bicyclic) bond motifs is 3. The van der Waals surface area contributed by atoms with Crippen LogP contribution >= 0.6 is 11.3 Å². The Kier molecular flexibility index (Phi) is 13.6. The van der Waals surface area contributed by atoms with Crippen LogP contribution in [-0.2, 0) is 34.4 Å². The number of aryl methyl sites for hydroxylation is 1. The highest BCUT2D eigenvalue weighted by Gasteiger charge is 2.33. The summed E-state index contributed by atoms with van der Waals surface area (Å²) in [6.45, 7) is 2.78. The molecule has 10 rings (SSSR count). The lowest BCUT2D eigenvalue weighted by Gasteiger charge is -2.31. The maximum absolute atomic E-state index is 16.2. The summed E-state index contributed by atoms with van der Waals surface area (Å²) in [5.41, 5.74) is 4.70. The quantitative estimate of drug-likeness (QED) is 0.0569. The van der Waals surface area contributed by atoms with E-state index in [0.717, 1.165) is 53.7 Å². The van der Waals surface area contributed by atoms with Crippen LogP contribution in [0.2, 0.25) is 0 Å². The molecule has 1 unspecified atom stereocenters. The molecule has 3 aliphatic heterocycles. The van der Waals surface area contributed by atoms with Crippen molar-refractivity contribution in [3.05, 3.63) is 119 Å². The lowest BCUT2D eigenvalue weighted by Crippen LogP contribution is -2.39. The van der Waals surface area contributed by atoms with E-state index < -0.39 is 17.7 Å². The molecule has 2 fully saturated rings. The number of pyridine rings is 1. The zero-order valence-electron chi connectivity index (χ0n) is 39.7. The van der Waals surface area contributed by atoms with Crippen molar-refractivity contribution >= 4 is 78.7 Å². The van der Waals surface area contributed by atoms with Gasteiger partial charge in [-0.2, -0.15) is 5.10 Å². The summed E-state index contributed by atoms with van der Waals surface area (Å²) in [6, 6.07) is 24.8. The first-order valence-corrected chi connectivity index (χ1v) is 24.8. The highest BCUT2D eigenvalue weighted by Crippen LogP contribution is 2.39. The van der Waals surface area contributed by atoms with Crippen molar-refractivity contribution < 1.29 is 42.9 Å². The first-order chi connectivity index (χ1) is 34.9. The maximum atomic E-state index is 16.2. The Labute approximate surface area is 417 Å². The predicted molar refractivity (Wildman–Crippen MR) is 270 cm³/mol. The number of hydrogen-bond donors (Lipinski definition) is 4. The number of amides is 4. The van der Waals surface area contributed by atoms with Gasteiger partial charge in [0.25, 0.3) is 5.91 Å². The van der Waals surface area contributed by atoms with Crippen LogP contribution in [-0.4, -0.2) is 99.2 Å². The van der Waals surface area contributed by atoms with Crippen molar-refractivity contribution in [3.8, 4) is 22.6 Å². The molecule has 2 saturated heterocycles. The van der Waals surface area contributed by atoms with Crippen molar-refractivity contribution in [1.82, 2.24) is 30.0 Å². The molecule has 4 aromatic carbocycles. The molecular weight excluding hydrogens is 942 g/mol. The van der Waals surface area contributed by atoms with Crippen LogP contribution in [0.3, 0.4) is 0 Å². The molecule has 19 heteroatoms. The van der Waals surface area contributed by atoms with Gasteiger partial charge >= 0.3 is 5.97 Å². The number of anilines is 3. The van der Waals surface area contributed by atoms with Gasteiger partial charge in [-0.15, -0.1) is 0 Å². The number of halogens is 1. The lowest BCUT2D eigenvalue weighted by molar-refractivity contribution is -0.134. The molecule has 7 aromatic rings. The number of aromatic nitrogens is 4. The first kappa shape index (κ1) is 47.9. The summed E-state index contributed by atoms with van der Waals surface area (Å²) in [6.07, 6.45) is 4.51. The molecule has 3 aromatic heterocycles. The third kappa shape index (κ3) is 9.81. The largest absolute Gasteiger partial charge is 0.492 e. The molecule has 0 aliphatic carbocycles. The van der Waals surface area contributed by atoms with Crippen LogP contribution in [0.5, 0.6) is 11.5 Å². The molecule has 0 radical (unpaired) electrons. The number of nitrogens with one attached hydrogen (secondary N) is 3. The highest BCUT2D eigenvalue weighted by atomic mass is 32.1. The number of carboxylic acid groups (broad SMARTS) is 1. The topological polar surface area (TPSA) is 210 Å². The number of para-hydroxylation sites is 1. The molecule has 1 atom stereocenters. The van der Waals surface area contributed by atoms with E-state index in [1.165, 1.54) is 30.6 Å². The average molecular weight is 994 g/mol. The van der Waals surface area contributed by atoms with Crippen molar-refractivity contribution in [3.63, 3.8) is 0 Å². The van der Waals surface area contributed by atoms with E-state index in [-0.39, 0.29) is 65.8 Å². The average Bonchev–Trinajstić information content (AvgIpc) is 3.95. The number of nitrogens with zero attached hydrogens (tertiary/aromatic N) is 6. The van der Waals surface area contributed by atoms with Crippen molar-refractivity contribution in [1.29, 1.82) is 0 Å². The summed E-state index contributed by atoms with van der Waals surface area (Å²) in [5, 5.41) is 24.5. The molecular formula is C53H52FN9O8S. The van der Waals surface area contributed by atoms with Crippen LogP contribution in [0.15, 0.2) is 84.9 Å². The number of likely N-dealkylation sites (tertiary alicyclic amines) is 1. The van der Waals surface area contributed by atoms with Crippen LogP contribution in [0, 0.1) is 11.7 Å². The monoisotopic (exact) mass is 993 g/mol. The number of carboxylic acids is 1. The smallest absolute Gasteiger partial charge is 0.355 e. The fourth-order valence-electron chi connectivity index (χ4n) is 10.2. The molecule has 17 nitrogen and oxygen atoms in total. The summed E-state index contributed by atoms with van der Waals surface area (Å²) >= 11 is 1.40. The van der Waals surface area contributed by atoms with Crippen LogP contribution in [0.25, 0.3) is 32.2 Å². The second kappa shape index (κ2) is 20.5. The number of carbonyl (C=O) groups is 5. The van der Waals surface area contributed by atoms with Gasteiger partial charge in [0.15, 0.2) is 28.1 Å². The zero-order chi connectivity index (χ0) is 50.0. The van der Waals surface area contributed by atoms with Gasteiger partial charge < -0.3 is 24.8 Å². The van der Waals surface area contributed by atoms with Crippen LogP contribution in [0.1, 0.15) is 82.1 Å².